The van der Waals surface area contributed by atoms with Crippen LogP contribution < -0.4 is 0 Å². The van der Waals surface area contributed by atoms with Crippen molar-refractivity contribution in [3.63, 3.8) is 0 Å². The molecule has 3 nitrogen and oxygen atoms in total. The van der Waals surface area contributed by atoms with Crippen molar-refractivity contribution in [1.29, 1.82) is 0 Å². The molecule has 0 amide bonds. The Balaban J connectivity index is 0.00000232. The van der Waals surface area contributed by atoms with Gasteiger partial charge in [0, 0.05) is 6.42 Å². The van der Waals surface area contributed by atoms with Gasteiger partial charge in [-0.2, -0.15) is 0 Å². The Labute approximate surface area is 139 Å². The number of ether oxygens (including phenoxy) is 1. The molecule has 0 bridgehead atoms. The lowest BCUT2D eigenvalue weighted by atomic mass is 10.1. The van der Waals surface area contributed by atoms with Gasteiger partial charge in [0.25, 0.3) is 0 Å². The molecule has 0 fully saturated rings. The third kappa shape index (κ3) is 8.57. The minimum atomic E-state index is -0.388. The summed E-state index contributed by atoms with van der Waals surface area (Å²) in [6.45, 7) is 11.2. The van der Waals surface area contributed by atoms with Crippen LogP contribution in [0.3, 0.4) is 0 Å². The molecule has 0 aromatic heterocycles. The number of esters is 1. The maximum absolute atomic E-state index is 11.9. The molecule has 0 saturated heterocycles. The normalized spacial score (nSPS) is 10.7. The van der Waals surface area contributed by atoms with Crippen LogP contribution in [0.4, 0.5) is 0 Å². The summed E-state index contributed by atoms with van der Waals surface area (Å²) in [4.78, 5) is 22.9. The van der Waals surface area contributed by atoms with Gasteiger partial charge in [0.15, 0.2) is 0 Å². The van der Waals surface area contributed by atoms with E-state index >= 15 is 0 Å². The first-order valence-electron chi connectivity index (χ1n) is 7.76. The molecular weight excluding hydrogens is 288 g/mol. The summed E-state index contributed by atoms with van der Waals surface area (Å²) in [5.74, 6) is -0.263. The fourth-order valence-electron chi connectivity index (χ4n) is 1.77. The predicted molar refractivity (Wildman–Crippen MR) is 95.1 cm³/mol. The smallest absolute Gasteiger partial charge is 0.338 e. The van der Waals surface area contributed by atoms with Gasteiger partial charge in [-0.15, -0.1) is 0 Å². The number of carbonyl (C=O) groups is 2. The highest BCUT2D eigenvalue weighted by atomic mass is 16.5. The first-order chi connectivity index (χ1) is 11.1. The van der Waals surface area contributed by atoms with E-state index in [2.05, 4.69) is 6.58 Å². The van der Waals surface area contributed by atoms with E-state index in [0.29, 0.717) is 12.0 Å². The highest BCUT2D eigenvalue weighted by Crippen LogP contribution is 2.09. The van der Waals surface area contributed by atoms with E-state index in [0.717, 1.165) is 11.1 Å². The molecule has 0 aliphatic heterocycles. The maximum atomic E-state index is 11.9. The molecule has 0 heterocycles. The van der Waals surface area contributed by atoms with Crippen molar-refractivity contribution in [1.82, 2.24) is 0 Å². The number of hydrogen-bond donors (Lipinski definition) is 0. The van der Waals surface area contributed by atoms with Crippen molar-refractivity contribution in [3.05, 3.63) is 71.8 Å². The van der Waals surface area contributed by atoms with E-state index in [-0.39, 0.29) is 18.4 Å². The quantitative estimate of drug-likeness (QED) is 0.420. The third-order valence-electron chi connectivity index (χ3n) is 2.73. The molecular formula is C20H26O3. The van der Waals surface area contributed by atoms with E-state index in [1.54, 1.807) is 31.2 Å². The summed E-state index contributed by atoms with van der Waals surface area (Å²) in [6.07, 6.45) is 7.03. The lowest BCUT2D eigenvalue weighted by Gasteiger charge is -2.06. The number of hydrogen-bond acceptors (Lipinski definition) is 3. The Bertz CT molecular complexity index is 563. The predicted octanol–water partition coefficient (Wildman–Crippen LogP) is 4.58. The van der Waals surface area contributed by atoms with Crippen molar-refractivity contribution in [2.75, 3.05) is 0 Å². The van der Waals surface area contributed by atoms with Gasteiger partial charge in [-0.25, -0.2) is 4.79 Å². The topological polar surface area (TPSA) is 43.4 Å². The second-order valence-corrected chi connectivity index (χ2v) is 4.63. The number of rotatable bonds is 7. The second-order valence-electron chi connectivity index (χ2n) is 4.63. The zero-order valence-corrected chi connectivity index (χ0v) is 14.5. The first-order valence-corrected chi connectivity index (χ1v) is 7.76. The maximum Gasteiger partial charge on any atom is 0.338 e. The molecule has 0 radical (unpaired) electrons. The van der Waals surface area contributed by atoms with E-state index in [1.165, 1.54) is 0 Å². The summed E-state index contributed by atoms with van der Waals surface area (Å²) in [6, 6.07) is 7.46. The van der Waals surface area contributed by atoms with E-state index in [9.17, 15) is 9.59 Å². The average molecular weight is 314 g/mol. The molecule has 0 aliphatic carbocycles. The Morgan fingerprint density at radius 3 is 2.17 bits per heavy atom. The number of carbonyl (C=O) groups excluding carboxylic acids is 2. The molecule has 0 atom stereocenters. The molecule has 0 aliphatic rings. The van der Waals surface area contributed by atoms with Crippen LogP contribution in [0.1, 0.15) is 38.8 Å². The van der Waals surface area contributed by atoms with E-state index in [4.69, 9.17) is 4.74 Å². The summed E-state index contributed by atoms with van der Waals surface area (Å²) in [5.41, 5.74) is 2.30. The minimum absolute atomic E-state index is 0.125. The SMILES string of the molecule is C=C/C=C(\C=C/C)C(=O)OCc1ccc(CC(C)=O)cc1.CC. The second kappa shape index (κ2) is 12.2. The Morgan fingerprint density at radius 2 is 1.70 bits per heavy atom. The van der Waals surface area contributed by atoms with E-state index < -0.39 is 0 Å². The molecule has 0 saturated carbocycles. The van der Waals surface area contributed by atoms with Crippen molar-refractivity contribution in [3.8, 4) is 0 Å². The van der Waals surface area contributed by atoms with Gasteiger partial charge in [0.2, 0.25) is 0 Å². The van der Waals surface area contributed by atoms with Crippen LogP contribution in [-0.4, -0.2) is 11.8 Å². The Hall–Kier alpha value is -2.42. The number of benzene rings is 1. The fourth-order valence-corrected chi connectivity index (χ4v) is 1.77. The average Bonchev–Trinajstić information content (AvgIpc) is 2.55. The lowest BCUT2D eigenvalue weighted by molar-refractivity contribution is -0.139. The number of ketones is 1. The zero-order chi connectivity index (χ0) is 17.7. The largest absolute Gasteiger partial charge is 0.457 e. The van der Waals surface area contributed by atoms with Crippen LogP contribution in [0.2, 0.25) is 0 Å². The van der Waals surface area contributed by atoms with Crippen LogP contribution in [0.25, 0.3) is 0 Å². The van der Waals surface area contributed by atoms with Crippen molar-refractivity contribution < 1.29 is 14.3 Å². The highest BCUT2D eigenvalue weighted by molar-refractivity contribution is 5.91. The van der Waals surface area contributed by atoms with Gasteiger partial charge in [-0.05, 0) is 31.1 Å². The standard InChI is InChI=1S/C18H20O3.C2H6/c1-4-6-17(7-5-2)18(20)21-13-16-10-8-15(9-11-16)12-14(3)19;1-2/h4-11H,1,12-13H2,2-3H3;1-2H3/b7-5-,17-6+;. The molecule has 23 heavy (non-hydrogen) atoms. The molecule has 1 rings (SSSR count). The molecule has 124 valence electrons. The Kier molecular flexibility index (Phi) is 10.9. The van der Waals surface area contributed by atoms with Crippen molar-refractivity contribution in [2.45, 2.75) is 40.7 Å². The summed E-state index contributed by atoms with van der Waals surface area (Å²) >= 11 is 0. The minimum Gasteiger partial charge on any atom is -0.457 e. The number of Topliss-reactive ketones (excluding diaryl/α,β-unsaturated/α-hetero) is 1. The third-order valence-corrected chi connectivity index (χ3v) is 2.73. The molecule has 0 spiro atoms. The summed E-state index contributed by atoms with van der Waals surface area (Å²) in [5, 5.41) is 0. The van der Waals surface area contributed by atoms with Crippen molar-refractivity contribution >= 4 is 11.8 Å². The van der Waals surface area contributed by atoms with Crippen LogP contribution in [0.15, 0.2) is 60.7 Å². The first kappa shape index (κ1) is 20.6. The monoisotopic (exact) mass is 314 g/mol. The molecule has 0 unspecified atom stereocenters. The van der Waals surface area contributed by atoms with Gasteiger partial charge >= 0.3 is 5.97 Å². The van der Waals surface area contributed by atoms with E-state index in [1.807, 2.05) is 45.0 Å². The van der Waals surface area contributed by atoms with Gasteiger partial charge in [0.1, 0.15) is 12.4 Å². The van der Waals surface area contributed by atoms with Crippen LogP contribution in [-0.2, 0) is 27.4 Å². The van der Waals surface area contributed by atoms with Gasteiger partial charge in [-0.1, -0.05) is 62.9 Å². The van der Waals surface area contributed by atoms with Crippen LogP contribution >= 0.6 is 0 Å². The lowest BCUT2D eigenvalue weighted by Crippen LogP contribution is -2.06. The van der Waals surface area contributed by atoms with Gasteiger partial charge in [-0.3, -0.25) is 4.79 Å². The summed E-state index contributed by atoms with van der Waals surface area (Å²) < 4.78 is 5.24. The fraction of sp³-hybridized carbons (Fsp3) is 0.300. The molecule has 1 aromatic carbocycles. The summed E-state index contributed by atoms with van der Waals surface area (Å²) in [7, 11) is 0. The number of allylic oxidation sites excluding steroid dienone is 3. The highest BCUT2D eigenvalue weighted by Gasteiger charge is 2.07. The molecule has 1 aromatic rings. The molecule has 0 N–H and O–H groups in total. The van der Waals surface area contributed by atoms with Crippen LogP contribution in [0.5, 0.6) is 0 Å². The van der Waals surface area contributed by atoms with Crippen LogP contribution in [0, 0.1) is 0 Å². The van der Waals surface area contributed by atoms with Gasteiger partial charge in [0.05, 0.1) is 5.57 Å². The Morgan fingerprint density at radius 1 is 1.13 bits per heavy atom. The zero-order valence-electron chi connectivity index (χ0n) is 14.5. The molecule has 3 heteroatoms. The van der Waals surface area contributed by atoms with Crippen molar-refractivity contribution in [2.24, 2.45) is 0 Å². The van der Waals surface area contributed by atoms with Gasteiger partial charge < -0.3 is 4.74 Å².